The summed E-state index contributed by atoms with van der Waals surface area (Å²) >= 11 is 5.98. The molecule has 3 rings (SSSR count). The molecule has 126 valence electrons. The predicted octanol–water partition coefficient (Wildman–Crippen LogP) is 3.23. The summed E-state index contributed by atoms with van der Waals surface area (Å²) in [6, 6.07) is 4.51. The zero-order valence-electron chi connectivity index (χ0n) is 12.2. The normalized spacial score (nSPS) is 14.0. The van der Waals surface area contributed by atoms with E-state index in [1.54, 1.807) is 17.0 Å². The minimum Gasteiger partial charge on any atom is -0.468 e. The van der Waals surface area contributed by atoms with E-state index in [4.69, 9.17) is 11.6 Å². The van der Waals surface area contributed by atoms with Crippen LogP contribution in [0.4, 0.5) is 13.2 Å². The monoisotopic (exact) mass is 357 g/mol. The van der Waals surface area contributed by atoms with Crippen LogP contribution >= 0.6 is 11.6 Å². The van der Waals surface area contributed by atoms with Gasteiger partial charge in [0.1, 0.15) is 5.15 Å². The molecular formula is C15H11ClF3N3O2. The van der Waals surface area contributed by atoms with E-state index in [-0.39, 0.29) is 23.5 Å². The van der Waals surface area contributed by atoms with E-state index in [2.05, 4.69) is 14.7 Å². The SMILES string of the molecule is O=C1c2ccnc(Cl)c2CN1Cc1ccc(OCC(F)(F)F)nc1. The van der Waals surface area contributed by atoms with Crippen LogP contribution in [0.5, 0.6) is 5.88 Å². The van der Waals surface area contributed by atoms with E-state index in [9.17, 15) is 18.0 Å². The number of nitrogens with zero attached hydrogens (tertiary/aromatic N) is 3. The molecule has 2 aromatic rings. The van der Waals surface area contributed by atoms with Gasteiger partial charge in [-0.1, -0.05) is 17.7 Å². The largest absolute Gasteiger partial charge is 0.468 e. The Bertz CT molecular complexity index is 766. The second kappa shape index (κ2) is 6.27. The zero-order chi connectivity index (χ0) is 17.3. The van der Waals surface area contributed by atoms with Crippen molar-refractivity contribution in [2.45, 2.75) is 19.3 Å². The molecule has 0 fully saturated rings. The summed E-state index contributed by atoms with van der Waals surface area (Å²) in [7, 11) is 0. The summed E-state index contributed by atoms with van der Waals surface area (Å²) in [6.07, 6.45) is -1.57. The summed E-state index contributed by atoms with van der Waals surface area (Å²) in [6.45, 7) is -0.811. The number of carbonyl (C=O) groups excluding carboxylic acids is 1. The molecule has 3 heterocycles. The Morgan fingerprint density at radius 2 is 2.04 bits per heavy atom. The first-order valence-electron chi connectivity index (χ1n) is 6.90. The average molecular weight is 358 g/mol. The van der Waals surface area contributed by atoms with E-state index >= 15 is 0 Å². The highest BCUT2D eigenvalue weighted by atomic mass is 35.5. The van der Waals surface area contributed by atoms with Crippen molar-refractivity contribution in [3.05, 3.63) is 52.4 Å². The van der Waals surface area contributed by atoms with Gasteiger partial charge in [0.05, 0.1) is 6.54 Å². The standard InChI is InChI=1S/C15H11ClF3N3O2/c16-13-11-7-22(14(23)10(11)3-4-20-13)6-9-1-2-12(21-5-9)24-8-15(17,18)19/h1-5H,6-8H2. The lowest BCUT2D eigenvalue weighted by Crippen LogP contribution is -2.23. The quantitative estimate of drug-likeness (QED) is 0.788. The molecule has 0 bridgehead atoms. The number of alkyl halides is 3. The molecule has 0 atom stereocenters. The second-order valence-corrected chi connectivity index (χ2v) is 5.56. The van der Waals surface area contributed by atoms with Gasteiger partial charge in [0.15, 0.2) is 6.61 Å². The summed E-state index contributed by atoms with van der Waals surface area (Å²) in [5, 5.41) is 0.289. The van der Waals surface area contributed by atoms with Crippen molar-refractivity contribution in [3.8, 4) is 5.88 Å². The Balaban J connectivity index is 1.65. The number of fused-ring (bicyclic) bond motifs is 1. The maximum atomic E-state index is 12.3. The number of aromatic nitrogens is 2. The van der Waals surface area contributed by atoms with Crippen LogP contribution < -0.4 is 4.74 Å². The lowest BCUT2D eigenvalue weighted by atomic mass is 10.2. The highest BCUT2D eigenvalue weighted by Gasteiger charge is 2.30. The molecule has 5 nitrogen and oxygen atoms in total. The van der Waals surface area contributed by atoms with E-state index in [1.165, 1.54) is 18.5 Å². The highest BCUT2D eigenvalue weighted by molar-refractivity contribution is 6.30. The zero-order valence-corrected chi connectivity index (χ0v) is 12.9. The van der Waals surface area contributed by atoms with Crippen LogP contribution in [0, 0.1) is 0 Å². The molecule has 1 aliphatic heterocycles. The van der Waals surface area contributed by atoms with Crippen LogP contribution in [-0.2, 0) is 13.1 Å². The minimum atomic E-state index is -4.42. The molecule has 9 heteroatoms. The number of hydrogen-bond acceptors (Lipinski definition) is 4. The van der Waals surface area contributed by atoms with Crippen molar-refractivity contribution in [3.63, 3.8) is 0 Å². The molecule has 1 amide bonds. The molecule has 1 aliphatic rings. The lowest BCUT2D eigenvalue weighted by molar-refractivity contribution is -0.154. The van der Waals surface area contributed by atoms with Crippen LogP contribution in [0.15, 0.2) is 30.6 Å². The van der Waals surface area contributed by atoms with Crippen LogP contribution in [-0.4, -0.2) is 33.6 Å². The van der Waals surface area contributed by atoms with Crippen LogP contribution in [0.2, 0.25) is 5.15 Å². The van der Waals surface area contributed by atoms with Crippen molar-refractivity contribution in [1.29, 1.82) is 0 Å². The third-order valence-electron chi connectivity index (χ3n) is 3.42. The van der Waals surface area contributed by atoms with E-state index in [0.717, 1.165) is 0 Å². The third kappa shape index (κ3) is 3.59. The minimum absolute atomic E-state index is 0.126. The molecule has 0 radical (unpaired) electrons. The molecule has 0 N–H and O–H groups in total. The van der Waals surface area contributed by atoms with Gasteiger partial charge in [-0.05, 0) is 11.6 Å². The molecular weight excluding hydrogens is 347 g/mol. The van der Waals surface area contributed by atoms with Crippen molar-refractivity contribution >= 4 is 17.5 Å². The number of hydrogen-bond donors (Lipinski definition) is 0. The summed E-state index contributed by atoms with van der Waals surface area (Å²) in [5.74, 6) is -0.300. The number of amides is 1. The molecule has 0 aromatic carbocycles. The summed E-state index contributed by atoms with van der Waals surface area (Å²) in [5.41, 5.74) is 1.84. The smallest absolute Gasteiger partial charge is 0.422 e. The van der Waals surface area contributed by atoms with Gasteiger partial charge in [0, 0.05) is 36.1 Å². The molecule has 0 unspecified atom stereocenters. The fraction of sp³-hybridized carbons (Fsp3) is 0.267. The van der Waals surface area contributed by atoms with Gasteiger partial charge in [0.2, 0.25) is 5.88 Å². The van der Waals surface area contributed by atoms with Gasteiger partial charge in [0.25, 0.3) is 5.91 Å². The third-order valence-corrected chi connectivity index (χ3v) is 3.75. The number of rotatable bonds is 4. The average Bonchev–Trinajstić information content (AvgIpc) is 2.84. The maximum Gasteiger partial charge on any atom is 0.422 e. The van der Waals surface area contributed by atoms with Gasteiger partial charge in [-0.2, -0.15) is 13.2 Å². The molecule has 0 saturated heterocycles. The molecule has 24 heavy (non-hydrogen) atoms. The van der Waals surface area contributed by atoms with Crippen LogP contribution in [0.25, 0.3) is 0 Å². The Morgan fingerprint density at radius 3 is 2.67 bits per heavy atom. The molecule has 0 saturated carbocycles. The number of carbonyl (C=O) groups is 1. The van der Waals surface area contributed by atoms with Gasteiger partial charge < -0.3 is 9.64 Å². The lowest BCUT2D eigenvalue weighted by Gasteiger charge is -2.15. The van der Waals surface area contributed by atoms with Crippen molar-refractivity contribution in [2.75, 3.05) is 6.61 Å². The van der Waals surface area contributed by atoms with Crippen LogP contribution in [0.3, 0.4) is 0 Å². The van der Waals surface area contributed by atoms with Crippen molar-refractivity contribution in [1.82, 2.24) is 14.9 Å². The number of pyridine rings is 2. The van der Waals surface area contributed by atoms with Gasteiger partial charge in [-0.3, -0.25) is 4.79 Å². The van der Waals surface area contributed by atoms with Crippen molar-refractivity contribution < 1.29 is 22.7 Å². The fourth-order valence-electron chi connectivity index (χ4n) is 2.34. The summed E-state index contributed by atoms with van der Waals surface area (Å²) < 4.78 is 40.8. The highest BCUT2D eigenvalue weighted by Crippen LogP contribution is 2.28. The predicted molar refractivity (Wildman–Crippen MR) is 78.6 cm³/mol. The first kappa shape index (κ1) is 16.5. The molecule has 0 aliphatic carbocycles. The fourth-order valence-corrected chi connectivity index (χ4v) is 2.56. The van der Waals surface area contributed by atoms with Crippen LogP contribution in [0.1, 0.15) is 21.5 Å². The van der Waals surface area contributed by atoms with E-state index in [0.29, 0.717) is 23.2 Å². The molecule has 2 aromatic heterocycles. The Kier molecular flexibility index (Phi) is 4.31. The van der Waals surface area contributed by atoms with E-state index in [1.807, 2.05) is 0 Å². The topological polar surface area (TPSA) is 55.3 Å². The summed E-state index contributed by atoms with van der Waals surface area (Å²) in [4.78, 5) is 21.6. The number of halogens is 4. The first-order chi connectivity index (χ1) is 11.3. The maximum absolute atomic E-state index is 12.3. The van der Waals surface area contributed by atoms with Gasteiger partial charge in [-0.15, -0.1) is 0 Å². The Labute approximate surface area is 140 Å². The number of ether oxygens (including phenoxy) is 1. The first-order valence-corrected chi connectivity index (χ1v) is 7.28. The molecule has 0 spiro atoms. The second-order valence-electron chi connectivity index (χ2n) is 5.20. The van der Waals surface area contributed by atoms with Gasteiger partial charge in [-0.25, -0.2) is 9.97 Å². The van der Waals surface area contributed by atoms with Crippen molar-refractivity contribution in [2.24, 2.45) is 0 Å². The Hall–Kier alpha value is -2.35. The van der Waals surface area contributed by atoms with Gasteiger partial charge >= 0.3 is 6.18 Å². The van der Waals surface area contributed by atoms with E-state index < -0.39 is 12.8 Å². The Morgan fingerprint density at radius 1 is 1.25 bits per heavy atom.